The number of nitrogens with one attached hydrogen (secondary N) is 5. The summed E-state index contributed by atoms with van der Waals surface area (Å²) in [6.45, 7) is 3.60. The minimum Gasteiger partial charge on any atom is -0.484 e. The monoisotopic (exact) mass is 879 g/mol. The molecule has 332 valence electrons. The highest BCUT2D eigenvalue weighted by Gasteiger charge is 2.25. The molecule has 0 spiro atoms. The Labute approximate surface area is 370 Å². The SMILES string of the molecule is CC(=O)O.COC(=O)CNC(=O)[C@@H]1Cc2ccc(cc2)OCC(=O)NCC(=O)N[C@H](Cc2ccc(-c3ccccc3)cc2)C(=O)NCC(=O)N1.Cc1ccccc1.Cc1cccs1. The van der Waals surface area contributed by atoms with Crippen molar-refractivity contribution in [1.29, 1.82) is 0 Å². The fourth-order valence-corrected chi connectivity index (χ4v) is 6.01. The van der Waals surface area contributed by atoms with E-state index >= 15 is 0 Å². The van der Waals surface area contributed by atoms with Crippen molar-refractivity contribution in [3.63, 3.8) is 0 Å². The number of ether oxygens (including phenoxy) is 2. The number of carboxylic acids is 1. The highest BCUT2D eigenvalue weighted by molar-refractivity contribution is 7.09. The molecule has 0 saturated carbocycles. The first-order valence-corrected chi connectivity index (χ1v) is 20.6. The molecule has 4 aromatic carbocycles. The molecule has 6 N–H and O–H groups in total. The minimum absolute atomic E-state index is 0.0467. The van der Waals surface area contributed by atoms with Gasteiger partial charge in [0.15, 0.2) is 6.61 Å². The summed E-state index contributed by atoms with van der Waals surface area (Å²) in [7, 11) is 1.18. The van der Waals surface area contributed by atoms with Crippen molar-refractivity contribution in [2.75, 3.05) is 33.4 Å². The molecule has 16 heteroatoms. The zero-order chi connectivity index (χ0) is 46.0. The minimum atomic E-state index is -1.10. The van der Waals surface area contributed by atoms with Crippen LogP contribution in [0.25, 0.3) is 11.1 Å². The van der Waals surface area contributed by atoms with Crippen LogP contribution >= 0.6 is 11.3 Å². The van der Waals surface area contributed by atoms with Crippen LogP contribution in [0.4, 0.5) is 0 Å². The van der Waals surface area contributed by atoms with Gasteiger partial charge in [0.2, 0.25) is 23.6 Å². The Hall–Kier alpha value is -7.33. The van der Waals surface area contributed by atoms with Gasteiger partial charge in [-0.3, -0.25) is 33.6 Å². The summed E-state index contributed by atoms with van der Waals surface area (Å²) in [5.74, 6) is -4.27. The van der Waals surface area contributed by atoms with Gasteiger partial charge in [-0.25, -0.2) is 0 Å². The van der Waals surface area contributed by atoms with Crippen molar-refractivity contribution >= 4 is 52.8 Å². The molecule has 5 aromatic rings. The van der Waals surface area contributed by atoms with E-state index in [2.05, 4.69) is 74.8 Å². The van der Waals surface area contributed by atoms with E-state index in [9.17, 15) is 28.8 Å². The van der Waals surface area contributed by atoms with Gasteiger partial charge in [-0.1, -0.05) is 109 Å². The van der Waals surface area contributed by atoms with Gasteiger partial charge in [-0.15, -0.1) is 11.3 Å². The fourth-order valence-electron chi connectivity index (χ4n) is 5.49. The summed E-state index contributed by atoms with van der Waals surface area (Å²) in [6, 6.07) is 35.9. The second-order valence-electron chi connectivity index (χ2n) is 13.8. The second-order valence-corrected chi connectivity index (χ2v) is 15.0. The lowest BCUT2D eigenvalue weighted by Crippen LogP contribution is -2.54. The summed E-state index contributed by atoms with van der Waals surface area (Å²) >= 11 is 1.78. The maximum atomic E-state index is 13.3. The van der Waals surface area contributed by atoms with Gasteiger partial charge < -0.3 is 41.2 Å². The maximum absolute atomic E-state index is 13.3. The van der Waals surface area contributed by atoms with E-state index < -0.39 is 73.2 Å². The molecule has 0 aliphatic carbocycles. The number of amides is 5. The Morgan fingerprint density at radius 3 is 1.87 bits per heavy atom. The van der Waals surface area contributed by atoms with E-state index in [-0.39, 0.29) is 19.4 Å². The van der Waals surface area contributed by atoms with E-state index in [1.165, 1.54) is 17.6 Å². The van der Waals surface area contributed by atoms with Crippen LogP contribution in [0.3, 0.4) is 0 Å². The summed E-state index contributed by atoms with van der Waals surface area (Å²) in [5.41, 5.74) is 4.70. The van der Waals surface area contributed by atoms with Crippen LogP contribution in [0.2, 0.25) is 0 Å². The molecular weight excluding hydrogens is 827 g/mol. The molecule has 2 aliphatic rings. The Balaban J connectivity index is 0.000000514. The van der Waals surface area contributed by atoms with E-state index in [4.69, 9.17) is 14.6 Å². The van der Waals surface area contributed by atoms with E-state index in [1.807, 2.05) is 72.8 Å². The predicted molar refractivity (Wildman–Crippen MR) is 240 cm³/mol. The molecule has 0 saturated heterocycles. The fraction of sp³-hybridized carbons (Fsp3) is 0.255. The number of aryl methyl sites for hydroxylation is 2. The first-order valence-electron chi connectivity index (χ1n) is 19.8. The lowest BCUT2D eigenvalue weighted by atomic mass is 10.00. The van der Waals surface area contributed by atoms with Crippen molar-refractivity contribution in [1.82, 2.24) is 26.6 Å². The van der Waals surface area contributed by atoms with Crippen LogP contribution in [0.1, 0.15) is 28.5 Å². The quantitative estimate of drug-likeness (QED) is 0.106. The molecule has 3 heterocycles. The number of methoxy groups -OCH3 is 1. The number of hydrogen-bond acceptors (Lipinski definition) is 10. The van der Waals surface area contributed by atoms with Crippen molar-refractivity contribution < 1.29 is 48.1 Å². The molecule has 2 bridgehead atoms. The third kappa shape index (κ3) is 20.7. The predicted octanol–water partition coefficient (Wildman–Crippen LogP) is 4.16. The molecule has 7 rings (SSSR count). The third-order valence-electron chi connectivity index (χ3n) is 8.65. The molecular formula is C47H53N5O10S. The molecule has 1 aromatic heterocycles. The van der Waals surface area contributed by atoms with Crippen LogP contribution in [-0.2, 0) is 51.1 Å². The number of fused-ring (bicyclic) bond motifs is 16. The maximum Gasteiger partial charge on any atom is 0.325 e. The Kier molecular flexibility index (Phi) is 21.8. The van der Waals surface area contributed by atoms with Crippen molar-refractivity contribution in [2.24, 2.45) is 0 Å². The molecule has 0 unspecified atom stereocenters. The van der Waals surface area contributed by atoms with Crippen LogP contribution in [-0.4, -0.2) is 92.0 Å². The topological polar surface area (TPSA) is 218 Å². The van der Waals surface area contributed by atoms with Gasteiger partial charge in [0.1, 0.15) is 24.4 Å². The standard InChI is InChI=1S/C33H35N5O8.C7H8.C5H6S.C2H4O2/c1-45-31(42)19-36-33(44)27-16-22-9-13-25(14-10-22)46-20-30(41)34-17-28(39)37-26(32(43)35-18-29(40)38-27)15-21-7-11-24(12-8-21)23-5-3-2-4-6-23;1-7-5-3-2-4-6-7;1-5-3-2-4-6-5;1-2(3)4/h2-14,26-27H,15-20H2,1H3,(H,34,41)(H,35,43)(H,36,44)(H,37,39)(H,38,40);2-6H,1H3;2-4H,1H3;1H3,(H,3,4)/t26-,27+;;;/m1.../s1. The largest absolute Gasteiger partial charge is 0.484 e. The van der Waals surface area contributed by atoms with Crippen LogP contribution in [0, 0.1) is 13.8 Å². The van der Waals surface area contributed by atoms with Crippen LogP contribution < -0.4 is 31.3 Å². The summed E-state index contributed by atoms with van der Waals surface area (Å²) in [5, 5.41) is 22.1. The number of carboxylic acid groups (broad SMARTS) is 1. The molecule has 0 fully saturated rings. The summed E-state index contributed by atoms with van der Waals surface area (Å²) in [6.07, 6.45) is 0.142. The Bertz CT molecular complexity index is 2200. The first kappa shape index (κ1) is 50.0. The molecule has 2 atom stereocenters. The van der Waals surface area contributed by atoms with Crippen molar-refractivity contribution in [3.05, 3.63) is 148 Å². The molecule has 5 amide bonds. The van der Waals surface area contributed by atoms with Crippen LogP contribution in [0.5, 0.6) is 5.75 Å². The number of benzene rings is 4. The van der Waals surface area contributed by atoms with Gasteiger partial charge in [0.05, 0.1) is 20.2 Å². The third-order valence-corrected chi connectivity index (χ3v) is 9.45. The average Bonchev–Trinajstić information content (AvgIpc) is 3.77. The number of rotatable bonds is 6. The summed E-state index contributed by atoms with van der Waals surface area (Å²) < 4.78 is 10.1. The zero-order valence-electron chi connectivity index (χ0n) is 35.6. The number of carbonyl (C=O) groups excluding carboxylic acids is 6. The number of esters is 1. The van der Waals surface area contributed by atoms with Gasteiger partial charge in [-0.05, 0) is 59.7 Å². The van der Waals surface area contributed by atoms with E-state index in [0.29, 0.717) is 11.3 Å². The molecule has 63 heavy (non-hydrogen) atoms. The highest BCUT2D eigenvalue weighted by Crippen LogP contribution is 2.20. The summed E-state index contributed by atoms with van der Waals surface area (Å²) in [4.78, 5) is 86.1. The zero-order valence-corrected chi connectivity index (χ0v) is 36.4. The lowest BCUT2D eigenvalue weighted by Gasteiger charge is -2.21. The lowest BCUT2D eigenvalue weighted by molar-refractivity contribution is -0.141. The normalized spacial score (nSPS) is 15.2. The molecule has 0 radical (unpaired) electrons. The smallest absolute Gasteiger partial charge is 0.325 e. The molecule has 15 nitrogen and oxygen atoms in total. The first-order chi connectivity index (χ1) is 30.2. The Morgan fingerprint density at radius 2 is 1.33 bits per heavy atom. The van der Waals surface area contributed by atoms with Crippen molar-refractivity contribution in [3.8, 4) is 16.9 Å². The molecule has 2 aliphatic heterocycles. The number of hydrogen-bond donors (Lipinski definition) is 6. The Morgan fingerprint density at radius 1 is 0.746 bits per heavy atom. The van der Waals surface area contributed by atoms with E-state index in [0.717, 1.165) is 23.6 Å². The van der Waals surface area contributed by atoms with E-state index in [1.54, 1.807) is 35.6 Å². The average molecular weight is 880 g/mol. The second kappa shape index (κ2) is 27.5. The van der Waals surface area contributed by atoms with Gasteiger partial charge in [0, 0.05) is 24.6 Å². The van der Waals surface area contributed by atoms with Crippen LogP contribution in [0.15, 0.2) is 127 Å². The van der Waals surface area contributed by atoms with Gasteiger partial charge in [0.25, 0.3) is 11.9 Å². The van der Waals surface area contributed by atoms with Gasteiger partial charge >= 0.3 is 5.97 Å². The number of carbonyl (C=O) groups is 7. The van der Waals surface area contributed by atoms with Gasteiger partial charge in [-0.2, -0.15) is 0 Å². The van der Waals surface area contributed by atoms with Crippen molar-refractivity contribution in [2.45, 2.75) is 45.7 Å². The highest BCUT2D eigenvalue weighted by atomic mass is 32.1. The number of thiophene rings is 1. The number of aliphatic carboxylic acids is 1.